The summed E-state index contributed by atoms with van der Waals surface area (Å²) in [6.07, 6.45) is -13.4. The lowest BCUT2D eigenvalue weighted by atomic mass is 9.79. The van der Waals surface area contributed by atoms with E-state index in [1.54, 1.807) is 5.32 Å². The molecule has 2 atom stereocenters. The molecule has 3 aromatic rings. The third kappa shape index (κ3) is 5.74. The predicted molar refractivity (Wildman–Crippen MR) is 126 cm³/mol. The number of amides is 1. The van der Waals surface area contributed by atoms with E-state index in [1.165, 1.54) is 19.1 Å². The molecule has 9 nitrogen and oxygen atoms in total. The summed E-state index contributed by atoms with van der Waals surface area (Å²) in [5.41, 5.74) is -6.24. The average Bonchev–Trinajstić information content (AvgIpc) is 3.50. The van der Waals surface area contributed by atoms with Gasteiger partial charge in [-0.25, -0.2) is 14.3 Å². The third-order valence-electron chi connectivity index (χ3n) is 6.05. The maximum Gasteiger partial charge on any atom is 0.416 e. The van der Waals surface area contributed by atoms with Gasteiger partial charge in [-0.15, -0.1) is 11.3 Å². The number of nitrogens with zero attached hydrogens (tertiary/aromatic N) is 3. The van der Waals surface area contributed by atoms with Crippen molar-refractivity contribution >= 4 is 28.5 Å². The van der Waals surface area contributed by atoms with Gasteiger partial charge in [-0.1, -0.05) is 0 Å². The summed E-state index contributed by atoms with van der Waals surface area (Å²) in [4.78, 5) is 25.9. The normalized spacial score (nSPS) is 19.1. The van der Waals surface area contributed by atoms with Crippen LogP contribution in [-0.4, -0.2) is 50.2 Å². The van der Waals surface area contributed by atoms with Crippen LogP contribution in [0.15, 0.2) is 35.1 Å². The van der Waals surface area contributed by atoms with Gasteiger partial charge < -0.3 is 15.2 Å². The molecular formula is C23H20F7N5O4S. The van der Waals surface area contributed by atoms with Gasteiger partial charge in [0, 0.05) is 39.8 Å². The maximum atomic E-state index is 15.3. The molecule has 0 saturated carbocycles. The van der Waals surface area contributed by atoms with Crippen LogP contribution in [0.5, 0.6) is 5.75 Å². The van der Waals surface area contributed by atoms with Crippen molar-refractivity contribution in [1.82, 2.24) is 25.5 Å². The zero-order valence-corrected chi connectivity index (χ0v) is 21.2. The molecule has 0 bridgehead atoms. The molecule has 2 aromatic heterocycles. The number of nitrogens with one attached hydrogen (secondary N) is 2. The maximum absolute atomic E-state index is 15.3. The average molecular weight is 595 g/mol. The summed E-state index contributed by atoms with van der Waals surface area (Å²) < 4.78 is 102. The zero-order chi connectivity index (χ0) is 29.5. The number of aromatic nitrogens is 4. The molecule has 0 saturated heterocycles. The molecule has 0 aliphatic carbocycles. The molecular weight excluding hydrogens is 575 g/mol. The number of thiophene rings is 1. The fraction of sp³-hybridized carbons (Fsp3) is 0.391. The van der Waals surface area contributed by atoms with Crippen LogP contribution < -0.4 is 15.7 Å². The number of carbonyl (C=O) groups excluding carboxylic acids is 1. The lowest BCUT2D eigenvalue weighted by Gasteiger charge is -2.41. The number of carbonyl (C=O) groups is 1. The highest BCUT2D eigenvalue weighted by molar-refractivity contribution is 7.13. The molecule has 216 valence electrons. The van der Waals surface area contributed by atoms with E-state index >= 15 is 4.39 Å². The van der Waals surface area contributed by atoms with E-state index < -0.39 is 78.5 Å². The Balaban J connectivity index is 1.79. The van der Waals surface area contributed by atoms with Crippen LogP contribution in [0.3, 0.4) is 0 Å². The fourth-order valence-corrected chi connectivity index (χ4v) is 5.16. The van der Waals surface area contributed by atoms with Crippen LogP contribution in [0.4, 0.5) is 30.7 Å². The van der Waals surface area contributed by atoms with E-state index in [0.717, 1.165) is 23.5 Å². The third-order valence-corrected chi connectivity index (χ3v) is 7.36. The highest BCUT2D eigenvalue weighted by atomic mass is 32.1. The van der Waals surface area contributed by atoms with Crippen molar-refractivity contribution < 1.29 is 45.4 Å². The van der Waals surface area contributed by atoms with E-state index in [9.17, 15) is 41.0 Å². The second kappa shape index (κ2) is 10.7. The van der Waals surface area contributed by atoms with Gasteiger partial charge in [0.15, 0.2) is 5.54 Å². The zero-order valence-electron chi connectivity index (χ0n) is 20.4. The minimum Gasteiger partial charge on any atom is -0.493 e. The van der Waals surface area contributed by atoms with Gasteiger partial charge in [-0.2, -0.15) is 31.0 Å². The number of hydrogen-bond donors (Lipinski definition) is 3. The molecule has 0 fully saturated rings. The van der Waals surface area contributed by atoms with Gasteiger partial charge in [0.25, 0.3) is 5.91 Å². The molecule has 1 unspecified atom stereocenters. The summed E-state index contributed by atoms with van der Waals surface area (Å²) in [7, 11) is 0. The molecule has 1 aliphatic heterocycles. The Hall–Kier alpha value is -3.73. The number of aliphatic hydroxyl groups is 1. The standard InChI is InChI=1S/C23H20F7N5O4S/c1-11(36)16-5-6-17(40-16)13-10-21(23(28,29)30,31-19(37)18(13)35-20(38)32-33-34-35)14-4-3-12(9-15(14)24)39-8-2-7-22(25,26)27/h3-6,9,11,36H,2,7-8,10H2,1H3,(H,31,37)(H,32,34,38)/t11?,21-/m0/s1. The lowest BCUT2D eigenvalue weighted by molar-refractivity contribution is -0.202. The second-order valence-electron chi connectivity index (χ2n) is 8.87. The molecule has 40 heavy (non-hydrogen) atoms. The van der Waals surface area contributed by atoms with Crippen molar-refractivity contribution in [3.05, 3.63) is 62.0 Å². The highest BCUT2D eigenvalue weighted by Gasteiger charge is 2.61. The van der Waals surface area contributed by atoms with E-state index in [0.29, 0.717) is 15.6 Å². The van der Waals surface area contributed by atoms with Crippen molar-refractivity contribution in [2.45, 2.75) is 50.2 Å². The summed E-state index contributed by atoms with van der Waals surface area (Å²) in [6.45, 7) is 0.953. The molecule has 17 heteroatoms. The topological polar surface area (TPSA) is 122 Å². The number of hydrogen-bond acceptors (Lipinski definition) is 7. The molecule has 4 rings (SSSR count). The number of benzene rings is 1. The molecule has 1 aliphatic rings. The first-order chi connectivity index (χ1) is 18.6. The van der Waals surface area contributed by atoms with Crippen molar-refractivity contribution in [3.8, 4) is 5.75 Å². The van der Waals surface area contributed by atoms with Gasteiger partial charge >= 0.3 is 18.0 Å². The number of rotatable bonds is 8. The van der Waals surface area contributed by atoms with Crippen LogP contribution in [-0.2, 0) is 10.3 Å². The van der Waals surface area contributed by atoms with Crippen molar-refractivity contribution in [1.29, 1.82) is 0 Å². The minimum atomic E-state index is -5.28. The predicted octanol–water partition coefficient (Wildman–Crippen LogP) is 4.29. The molecule has 3 N–H and O–H groups in total. The Morgan fingerprint density at radius 1 is 1.18 bits per heavy atom. The lowest BCUT2D eigenvalue weighted by Crippen LogP contribution is -2.59. The van der Waals surface area contributed by atoms with Crippen LogP contribution in [0, 0.1) is 5.82 Å². The van der Waals surface area contributed by atoms with Gasteiger partial charge in [0.1, 0.15) is 17.3 Å². The highest BCUT2D eigenvalue weighted by Crippen LogP contribution is 2.50. The summed E-state index contributed by atoms with van der Waals surface area (Å²) in [6, 6.07) is 5.03. The number of tetrazole rings is 1. The first-order valence-corrected chi connectivity index (χ1v) is 12.4. The van der Waals surface area contributed by atoms with E-state index in [4.69, 9.17) is 4.74 Å². The summed E-state index contributed by atoms with van der Waals surface area (Å²) in [5, 5.41) is 20.4. The second-order valence-corrected chi connectivity index (χ2v) is 9.98. The van der Waals surface area contributed by atoms with Crippen LogP contribution in [0.25, 0.3) is 11.3 Å². The Bertz CT molecular complexity index is 1490. The fourth-order valence-electron chi connectivity index (χ4n) is 4.18. The van der Waals surface area contributed by atoms with Gasteiger partial charge in [0.05, 0.1) is 12.7 Å². The number of aromatic amines is 1. The van der Waals surface area contributed by atoms with Crippen molar-refractivity contribution in [2.24, 2.45) is 0 Å². The molecule has 0 radical (unpaired) electrons. The van der Waals surface area contributed by atoms with Crippen LogP contribution in [0.1, 0.15) is 47.6 Å². The number of ether oxygens (including phenoxy) is 1. The Morgan fingerprint density at radius 3 is 2.45 bits per heavy atom. The van der Waals surface area contributed by atoms with Crippen LogP contribution >= 0.6 is 11.3 Å². The number of alkyl halides is 6. The Labute approximate surface area is 224 Å². The van der Waals surface area contributed by atoms with Gasteiger partial charge in [0.2, 0.25) is 0 Å². The molecule has 1 amide bonds. The van der Waals surface area contributed by atoms with E-state index in [1.807, 2.05) is 5.10 Å². The Morgan fingerprint density at radius 2 is 1.90 bits per heavy atom. The van der Waals surface area contributed by atoms with Crippen LogP contribution in [0.2, 0.25) is 0 Å². The van der Waals surface area contributed by atoms with Crippen molar-refractivity contribution in [2.75, 3.05) is 6.61 Å². The molecule has 0 spiro atoms. The summed E-state index contributed by atoms with van der Waals surface area (Å²) in [5.74, 6) is -3.16. The van der Waals surface area contributed by atoms with E-state index in [-0.39, 0.29) is 16.2 Å². The van der Waals surface area contributed by atoms with Crippen molar-refractivity contribution in [3.63, 3.8) is 0 Å². The largest absolute Gasteiger partial charge is 0.493 e. The number of H-pyrrole nitrogens is 1. The first-order valence-electron chi connectivity index (χ1n) is 11.5. The Kier molecular flexibility index (Phi) is 7.81. The first kappa shape index (κ1) is 29.3. The van der Waals surface area contributed by atoms with Gasteiger partial charge in [-0.3, -0.25) is 4.79 Å². The molecule has 1 aromatic carbocycles. The SMILES string of the molecule is CC(O)c1ccc(C2=C(n3nn[nH]c3=O)C(=O)N[C@@](c3ccc(OCCCC(F)(F)F)cc3F)(C(F)(F)F)C2)s1. The van der Waals surface area contributed by atoms with E-state index in [2.05, 4.69) is 10.4 Å². The molecule has 3 heterocycles. The smallest absolute Gasteiger partial charge is 0.416 e. The quantitative estimate of drug-likeness (QED) is 0.264. The summed E-state index contributed by atoms with van der Waals surface area (Å²) >= 11 is 0.860. The number of aliphatic hydroxyl groups excluding tert-OH is 1. The van der Waals surface area contributed by atoms with Gasteiger partial charge in [-0.05, 0) is 48.0 Å². The number of halogens is 7. The monoisotopic (exact) mass is 595 g/mol. The minimum absolute atomic E-state index is 0.0781.